The second kappa shape index (κ2) is 6.58. The molecule has 8 heteroatoms. The van der Waals surface area contributed by atoms with E-state index in [1.165, 1.54) is 11.3 Å². The zero-order valence-corrected chi connectivity index (χ0v) is 17.1. The number of carbonyl (C=O) groups excluding carboxylic acids is 1. The lowest BCUT2D eigenvalue weighted by Crippen LogP contribution is -2.24. The van der Waals surface area contributed by atoms with Crippen molar-refractivity contribution < 1.29 is 4.79 Å². The van der Waals surface area contributed by atoms with Gasteiger partial charge in [-0.1, -0.05) is 52.7 Å². The molecule has 0 bridgehead atoms. The van der Waals surface area contributed by atoms with Crippen LogP contribution >= 0.6 is 34.5 Å². The van der Waals surface area contributed by atoms with Gasteiger partial charge in [-0.2, -0.15) is 9.78 Å². The number of rotatable bonds is 2. The number of benzene rings is 2. The third kappa shape index (κ3) is 2.80. The van der Waals surface area contributed by atoms with E-state index in [0.29, 0.717) is 22.3 Å². The van der Waals surface area contributed by atoms with Crippen molar-refractivity contribution in [3.05, 3.63) is 69.3 Å². The lowest BCUT2D eigenvalue weighted by molar-refractivity contribution is -0.116. The van der Waals surface area contributed by atoms with Gasteiger partial charge < -0.3 is 5.32 Å². The summed E-state index contributed by atoms with van der Waals surface area (Å²) in [6, 6.07) is 13.4. The molecule has 1 aliphatic heterocycles. The van der Waals surface area contributed by atoms with Gasteiger partial charge in [0.05, 0.1) is 26.0 Å². The number of nitrogens with zero attached hydrogens (tertiary/aromatic N) is 3. The fourth-order valence-electron chi connectivity index (χ4n) is 3.65. The molecule has 0 aliphatic carbocycles. The Hall–Kier alpha value is -2.41. The number of amides is 1. The van der Waals surface area contributed by atoms with Crippen molar-refractivity contribution in [3.63, 3.8) is 0 Å². The van der Waals surface area contributed by atoms with Crippen molar-refractivity contribution in [1.82, 2.24) is 14.8 Å². The molecule has 0 radical (unpaired) electrons. The van der Waals surface area contributed by atoms with E-state index < -0.39 is 0 Å². The molecule has 0 fully saturated rings. The molecule has 1 amide bonds. The summed E-state index contributed by atoms with van der Waals surface area (Å²) < 4.78 is 2.80. The number of fused-ring (bicyclic) bond motifs is 2. The first-order chi connectivity index (χ1) is 13.5. The molecule has 28 heavy (non-hydrogen) atoms. The number of para-hydroxylation sites is 1. The number of halogens is 2. The van der Waals surface area contributed by atoms with Gasteiger partial charge in [0.1, 0.15) is 5.82 Å². The zero-order chi connectivity index (χ0) is 19.4. The third-order valence-corrected chi connectivity index (χ3v) is 6.66. The van der Waals surface area contributed by atoms with E-state index >= 15 is 0 Å². The number of aromatic nitrogens is 3. The predicted molar refractivity (Wildman–Crippen MR) is 113 cm³/mol. The van der Waals surface area contributed by atoms with Crippen LogP contribution in [0.3, 0.4) is 0 Å². The van der Waals surface area contributed by atoms with Crippen LogP contribution in [-0.4, -0.2) is 20.7 Å². The van der Waals surface area contributed by atoms with Crippen LogP contribution in [0.25, 0.3) is 15.3 Å². The second-order valence-corrected chi connectivity index (χ2v) is 8.53. The number of carbonyl (C=O) groups is 1. The Balaban J connectivity index is 1.68. The minimum absolute atomic E-state index is 0.0640. The molecule has 3 heterocycles. The first-order valence-corrected chi connectivity index (χ1v) is 10.3. The van der Waals surface area contributed by atoms with Gasteiger partial charge in [-0.05, 0) is 36.8 Å². The summed E-state index contributed by atoms with van der Waals surface area (Å²) in [7, 11) is 0. The van der Waals surface area contributed by atoms with E-state index in [2.05, 4.69) is 10.3 Å². The number of aryl methyl sites for hydroxylation is 1. The molecule has 1 N–H and O–H groups in total. The van der Waals surface area contributed by atoms with Gasteiger partial charge in [0.15, 0.2) is 0 Å². The largest absolute Gasteiger partial charge is 0.310 e. The molecule has 0 saturated heterocycles. The van der Waals surface area contributed by atoms with Crippen LogP contribution in [0.15, 0.2) is 42.5 Å². The SMILES string of the molecule is Cc1nn(-c2nc3ccccc3s2)c2c1C(c1ccc(Cl)c(Cl)c1)CC(=O)N2. The maximum absolute atomic E-state index is 12.5. The van der Waals surface area contributed by atoms with E-state index in [-0.39, 0.29) is 11.8 Å². The average molecular weight is 429 g/mol. The van der Waals surface area contributed by atoms with Crippen LogP contribution < -0.4 is 5.32 Å². The quantitative estimate of drug-likeness (QED) is 0.453. The summed E-state index contributed by atoms with van der Waals surface area (Å²) in [5, 5.41) is 9.38. The zero-order valence-electron chi connectivity index (χ0n) is 14.7. The molecule has 1 aliphatic rings. The van der Waals surface area contributed by atoms with E-state index in [9.17, 15) is 4.79 Å². The molecule has 4 aromatic rings. The van der Waals surface area contributed by atoms with Crippen LogP contribution in [0.4, 0.5) is 5.82 Å². The Morgan fingerprint density at radius 2 is 2.00 bits per heavy atom. The topological polar surface area (TPSA) is 59.8 Å². The standard InChI is InChI=1S/C20H14Cl2N4OS/c1-10-18-12(11-6-7-13(21)14(22)8-11)9-17(27)24-19(18)26(25-10)20-23-15-4-2-3-5-16(15)28-20/h2-8,12H,9H2,1H3,(H,24,27). The molecule has 0 saturated carbocycles. The van der Waals surface area contributed by atoms with E-state index in [1.54, 1.807) is 10.7 Å². The highest BCUT2D eigenvalue weighted by Crippen LogP contribution is 2.42. The van der Waals surface area contributed by atoms with Gasteiger partial charge in [0.25, 0.3) is 0 Å². The lowest BCUT2D eigenvalue weighted by Gasteiger charge is -2.24. The Morgan fingerprint density at radius 3 is 2.79 bits per heavy atom. The number of thiazole rings is 1. The number of nitrogens with one attached hydrogen (secondary N) is 1. The fraction of sp³-hybridized carbons (Fsp3) is 0.150. The van der Waals surface area contributed by atoms with Crippen LogP contribution in [0.5, 0.6) is 0 Å². The molecular weight excluding hydrogens is 415 g/mol. The van der Waals surface area contributed by atoms with E-state index in [1.807, 2.05) is 43.3 Å². The molecule has 5 nitrogen and oxygen atoms in total. The van der Waals surface area contributed by atoms with Crippen LogP contribution in [0, 0.1) is 6.92 Å². The number of hydrogen-bond donors (Lipinski definition) is 1. The van der Waals surface area contributed by atoms with E-state index in [4.69, 9.17) is 28.3 Å². The normalized spacial score (nSPS) is 16.2. The van der Waals surface area contributed by atoms with Crippen LogP contribution in [0.1, 0.15) is 29.2 Å². The fourth-order valence-corrected chi connectivity index (χ4v) is 4.88. The van der Waals surface area contributed by atoms with Gasteiger partial charge in [0.2, 0.25) is 11.0 Å². The average Bonchev–Trinajstić information content (AvgIpc) is 3.24. The van der Waals surface area contributed by atoms with E-state index in [0.717, 1.165) is 32.2 Å². The molecular formula is C20H14Cl2N4OS. The predicted octanol–water partition coefficient (Wildman–Crippen LogP) is 5.57. The number of anilines is 1. The molecule has 2 aromatic heterocycles. The Morgan fingerprint density at radius 1 is 1.18 bits per heavy atom. The minimum atomic E-state index is -0.137. The van der Waals surface area contributed by atoms with Gasteiger partial charge in [-0.25, -0.2) is 4.98 Å². The lowest BCUT2D eigenvalue weighted by atomic mass is 9.86. The second-order valence-electron chi connectivity index (χ2n) is 6.70. The molecule has 1 atom stereocenters. The number of hydrogen-bond acceptors (Lipinski definition) is 4. The Kier molecular flexibility index (Phi) is 4.16. The summed E-state index contributed by atoms with van der Waals surface area (Å²) in [6.07, 6.45) is 0.331. The monoisotopic (exact) mass is 428 g/mol. The molecule has 5 rings (SSSR count). The summed E-state index contributed by atoms with van der Waals surface area (Å²) in [5.41, 5.74) is 3.69. The highest BCUT2D eigenvalue weighted by atomic mass is 35.5. The molecule has 2 aromatic carbocycles. The Labute approximate surface area is 174 Å². The van der Waals surface area contributed by atoms with Crippen LogP contribution in [0.2, 0.25) is 10.0 Å². The van der Waals surface area contributed by atoms with Crippen molar-refractivity contribution in [1.29, 1.82) is 0 Å². The molecule has 0 spiro atoms. The van der Waals surface area contributed by atoms with Crippen molar-refractivity contribution in [2.45, 2.75) is 19.3 Å². The first kappa shape index (κ1) is 17.7. The minimum Gasteiger partial charge on any atom is -0.310 e. The van der Waals surface area contributed by atoms with Gasteiger partial charge in [0, 0.05) is 17.9 Å². The van der Waals surface area contributed by atoms with Gasteiger partial charge in [-0.3, -0.25) is 4.79 Å². The summed E-state index contributed by atoms with van der Waals surface area (Å²) in [5.74, 6) is 0.469. The molecule has 1 unspecified atom stereocenters. The molecule has 140 valence electrons. The highest BCUT2D eigenvalue weighted by Gasteiger charge is 2.33. The van der Waals surface area contributed by atoms with Crippen LogP contribution in [-0.2, 0) is 4.79 Å². The summed E-state index contributed by atoms with van der Waals surface area (Å²) >= 11 is 13.8. The smallest absolute Gasteiger partial charge is 0.226 e. The van der Waals surface area contributed by atoms with Crippen molar-refractivity contribution in [2.75, 3.05) is 5.32 Å². The third-order valence-electron chi connectivity index (χ3n) is 4.91. The maximum Gasteiger partial charge on any atom is 0.226 e. The summed E-state index contributed by atoms with van der Waals surface area (Å²) in [6.45, 7) is 1.95. The van der Waals surface area contributed by atoms with Crippen molar-refractivity contribution in [2.24, 2.45) is 0 Å². The summed E-state index contributed by atoms with van der Waals surface area (Å²) in [4.78, 5) is 17.2. The Bertz CT molecular complexity index is 1210. The maximum atomic E-state index is 12.5. The highest BCUT2D eigenvalue weighted by molar-refractivity contribution is 7.20. The van der Waals surface area contributed by atoms with Crippen molar-refractivity contribution in [3.8, 4) is 5.13 Å². The first-order valence-electron chi connectivity index (χ1n) is 8.71. The van der Waals surface area contributed by atoms with Gasteiger partial charge >= 0.3 is 0 Å². The van der Waals surface area contributed by atoms with Gasteiger partial charge in [-0.15, -0.1) is 0 Å². The van der Waals surface area contributed by atoms with Crippen molar-refractivity contribution >= 4 is 56.5 Å².